The molecule has 0 atom stereocenters. The van der Waals surface area contributed by atoms with E-state index in [4.69, 9.17) is 9.90 Å². The van der Waals surface area contributed by atoms with E-state index in [1.165, 1.54) is 9.13 Å². The third-order valence-electron chi connectivity index (χ3n) is 4.73. The zero-order valence-electron chi connectivity index (χ0n) is 18.2. The van der Waals surface area contributed by atoms with Crippen LogP contribution in [0, 0.1) is 11.8 Å². The molecule has 3 rings (SSSR count). The molecular formula is C19H25F3N6O4. The van der Waals surface area contributed by atoms with E-state index >= 15 is 0 Å². The molecule has 1 saturated heterocycles. The maximum atomic E-state index is 13.0. The van der Waals surface area contributed by atoms with Crippen LogP contribution in [0.3, 0.4) is 0 Å². The smallest absolute Gasteiger partial charge is 0.475 e. The van der Waals surface area contributed by atoms with Gasteiger partial charge in [-0.2, -0.15) is 18.2 Å². The van der Waals surface area contributed by atoms with E-state index in [0.717, 1.165) is 26.2 Å². The summed E-state index contributed by atoms with van der Waals surface area (Å²) in [5.41, 5.74) is 0.205. The first-order valence-electron chi connectivity index (χ1n) is 9.78. The first-order chi connectivity index (χ1) is 14.9. The van der Waals surface area contributed by atoms with Crippen LogP contribution in [0.1, 0.15) is 26.8 Å². The molecule has 13 heteroatoms. The molecule has 0 unspecified atom stereocenters. The van der Waals surface area contributed by atoms with E-state index in [1.807, 2.05) is 18.4 Å². The second kappa shape index (κ2) is 9.90. The molecule has 10 nitrogen and oxygen atoms in total. The minimum absolute atomic E-state index is 0.223. The Bertz CT molecular complexity index is 1160. The van der Waals surface area contributed by atoms with Crippen molar-refractivity contribution in [3.63, 3.8) is 0 Å². The maximum absolute atomic E-state index is 13.0. The summed E-state index contributed by atoms with van der Waals surface area (Å²) in [6.45, 7) is 9.13. The van der Waals surface area contributed by atoms with Gasteiger partial charge >= 0.3 is 17.8 Å². The Morgan fingerprint density at radius 2 is 1.81 bits per heavy atom. The van der Waals surface area contributed by atoms with Gasteiger partial charge < -0.3 is 15.3 Å². The number of rotatable bonds is 3. The van der Waals surface area contributed by atoms with E-state index in [9.17, 15) is 22.8 Å². The number of anilines is 1. The van der Waals surface area contributed by atoms with Crippen LogP contribution in [0.2, 0.25) is 0 Å². The lowest BCUT2D eigenvalue weighted by atomic mass is 10.3. The summed E-state index contributed by atoms with van der Waals surface area (Å²) in [4.78, 5) is 41.3. The molecule has 0 bridgehead atoms. The monoisotopic (exact) mass is 458 g/mol. The number of piperazine rings is 1. The molecule has 1 fully saturated rings. The van der Waals surface area contributed by atoms with Crippen molar-refractivity contribution in [2.75, 3.05) is 31.1 Å². The van der Waals surface area contributed by atoms with Crippen LogP contribution < -0.4 is 21.5 Å². The van der Waals surface area contributed by atoms with Gasteiger partial charge in [0.05, 0.1) is 6.54 Å². The quantitative estimate of drug-likeness (QED) is 0.646. The maximum Gasteiger partial charge on any atom is 0.490 e. The van der Waals surface area contributed by atoms with Gasteiger partial charge in [0, 0.05) is 39.3 Å². The predicted octanol–water partition coefficient (Wildman–Crippen LogP) is 0.544. The van der Waals surface area contributed by atoms with Crippen LogP contribution in [0.15, 0.2) is 9.59 Å². The Balaban J connectivity index is 0.000000451. The van der Waals surface area contributed by atoms with Crippen molar-refractivity contribution in [3.05, 3.63) is 20.8 Å². The van der Waals surface area contributed by atoms with Crippen molar-refractivity contribution < 1.29 is 23.1 Å². The summed E-state index contributed by atoms with van der Waals surface area (Å²) >= 11 is 0. The summed E-state index contributed by atoms with van der Waals surface area (Å²) in [6, 6.07) is -0.223. The number of imidazole rings is 1. The molecule has 1 aliphatic heterocycles. The van der Waals surface area contributed by atoms with E-state index in [0.29, 0.717) is 23.7 Å². The lowest BCUT2D eigenvalue weighted by Crippen LogP contribution is -2.44. The van der Waals surface area contributed by atoms with Crippen molar-refractivity contribution in [1.82, 2.24) is 24.0 Å². The van der Waals surface area contributed by atoms with Gasteiger partial charge in [0.15, 0.2) is 11.2 Å². The fraction of sp³-hybridized carbons (Fsp3) is 0.579. The van der Waals surface area contributed by atoms with E-state index in [1.54, 1.807) is 14.0 Å². The third-order valence-corrected chi connectivity index (χ3v) is 4.73. The number of alkyl halides is 3. The Hall–Kier alpha value is -3.27. The summed E-state index contributed by atoms with van der Waals surface area (Å²) in [5.74, 6) is 3.85. The normalized spacial score (nSPS) is 14.1. The molecule has 0 saturated carbocycles. The summed E-state index contributed by atoms with van der Waals surface area (Å²) in [6.07, 6.45) is -5.08. The fourth-order valence-corrected chi connectivity index (χ4v) is 3.20. The van der Waals surface area contributed by atoms with Crippen LogP contribution in [0.25, 0.3) is 11.2 Å². The average molecular weight is 458 g/mol. The zero-order valence-corrected chi connectivity index (χ0v) is 18.2. The fourth-order valence-electron chi connectivity index (χ4n) is 3.20. The SMILES string of the molecule is CC#CCn1c(N2CCNCC2)nc2c1c(=O)n(C(C)C)c(=O)n2C.O=C(O)C(F)(F)F. The van der Waals surface area contributed by atoms with Crippen molar-refractivity contribution >= 4 is 23.1 Å². The summed E-state index contributed by atoms with van der Waals surface area (Å²) in [7, 11) is 1.66. The molecule has 32 heavy (non-hydrogen) atoms. The second-order valence-corrected chi connectivity index (χ2v) is 7.25. The Labute approximate surface area is 181 Å². The number of hydrogen-bond acceptors (Lipinski definition) is 6. The molecule has 2 N–H and O–H groups in total. The molecule has 0 radical (unpaired) electrons. The molecular weight excluding hydrogens is 433 g/mol. The van der Waals surface area contributed by atoms with Crippen LogP contribution >= 0.6 is 0 Å². The number of hydrogen-bond donors (Lipinski definition) is 2. The number of aromatic nitrogens is 4. The highest BCUT2D eigenvalue weighted by molar-refractivity contribution is 5.75. The van der Waals surface area contributed by atoms with Crippen molar-refractivity contribution in [1.29, 1.82) is 0 Å². The molecule has 1 aliphatic rings. The highest BCUT2D eigenvalue weighted by Gasteiger charge is 2.38. The summed E-state index contributed by atoms with van der Waals surface area (Å²) < 4.78 is 36.3. The molecule has 0 aromatic carbocycles. The number of aryl methyl sites for hydroxylation is 1. The van der Waals surface area contributed by atoms with Gasteiger partial charge in [-0.25, -0.2) is 9.59 Å². The Morgan fingerprint density at radius 3 is 2.28 bits per heavy atom. The zero-order chi connectivity index (χ0) is 24.2. The van der Waals surface area contributed by atoms with E-state index < -0.39 is 12.1 Å². The number of carbonyl (C=O) groups is 1. The first-order valence-corrected chi connectivity index (χ1v) is 9.78. The molecule has 2 aromatic rings. The van der Waals surface area contributed by atoms with Crippen molar-refractivity contribution in [2.45, 2.75) is 39.5 Å². The van der Waals surface area contributed by atoms with Gasteiger partial charge in [-0.3, -0.25) is 18.5 Å². The standard InChI is InChI=1S/C17H24N6O2.C2HF3O2/c1-5-6-9-22-13-14(19-16(22)21-10-7-18-8-11-21)20(4)17(25)23(12(2)3)15(13)24;3-2(4,5)1(6)7/h12,18H,7-11H2,1-4H3;(H,6,7). The van der Waals surface area contributed by atoms with Gasteiger partial charge in [0.2, 0.25) is 5.95 Å². The van der Waals surface area contributed by atoms with Gasteiger partial charge in [0.25, 0.3) is 5.56 Å². The van der Waals surface area contributed by atoms with Gasteiger partial charge in [-0.15, -0.1) is 5.92 Å². The molecule has 0 aliphatic carbocycles. The highest BCUT2D eigenvalue weighted by Crippen LogP contribution is 2.20. The molecule has 0 spiro atoms. The average Bonchev–Trinajstić information content (AvgIpc) is 3.10. The number of aliphatic carboxylic acids is 1. The minimum Gasteiger partial charge on any atom is -0.475 e. The van der Waals surface area contributed by atoms with Crippen molar-refractivity contribution in [2.24, 2.45) is 7.05 Å². The number of carboxylic acids is 1. The minimum atomic E-state index is -5.08. The molecule has 176 valence electrons. The lowest BCUT2D eigenvalue weighted by molar-refractivity contribution is -0.192. The number of halogens is 3. The van der Waals surface area contributed by atoms with Crippen molar-refractivity contribution in [3.8, 4) is 11.8 Å². The first kappa shape index (κ1) is 25.0. The molecule has 0 amide bonds. The van der Waals surface area contributed by atoms with E-state index in [-0.39, 0.29) is 17.3 Å². The van der Waals surface area contributed by atoms with Gasteiger partial charge in [-0.05, 0) is 20.8 Å². The number of carboxylic acid groups (broad SMARTS) is 1. The lowest BCUT2D eigenvalue weighted by Gasteiger charge is -2.28. The third kappa shape index (κ3) is 5.13. The van der Waals surface area contributed by atoms with E-state index in [2.05, 4.69) is 27.0 Å². The van der Waals surface area contributed by atoms with Gasteiger partial charge in [0.1, 0.15) is 0 Å². The Morgan fingerprint density at radius 1 is 1.25 bits per heavy atom. The second-order valence-electron chi connectivity index (χ2n) is 7.25. The highest BCUT2D eigenvalue weighted by atomic mass is 19.4. The van der Waals surface area contributed by atoms with Crippen LogP contribution in [0.5, 0.6) is 0 Å². The largest absolute Gasteiger partial charge is 0.490 e. The van der Waals surface area contributed by atoms with Gasteiger partial charge in [-0.1, -0.05) is 5.92 Å². The Kier molecular flexibility index (Phi) is 7.73. The number of fused-ring (bicyclic) bond motifs is 1. The molecule has 3 heterocycles. The van der Waals surface area contributed by atoms with Crippen LogP contribution in [-0.4, -0.2) is 62.1 Å². The summed E-state index contributed by atoms with van der Waals surface area (Å²) in [5, 5.41) is 10.4. The molecule has 2 aromatic heterocycles. The van der Waals surface area contributed by atoms with Crippen LogP contribution in [-0.2, 0) is 18.4 Å². The predicted molar refractivity (Wildman–Crippen MR) is 112 cm³/mol. The number of nitrogens with zero attached hydrogens (tertiary/aromatic N) is 5. The topological polar surface area (TPSA) is 114 Å². The van der Waals surface area contributed by atoms with Crippen LogP contribution in [0.4, 0.5) is 19.1 Å². The number of nitrogens with one attached hydrogen (secondary N) is 1.